The van der Waals surface area contributed by atoms with Crippen LogP contribution in [-0.2, 0) is 0 Å². The fourth-order valence-electron chi connectivity index (χ4n) is 1.01. The number of aromatic nitrogens is 2. The van der Waals surface area contributed by atoms with E-state index in [9.17, 15) is 0 Å². The Morgan fingerprint density at radius 3 is 2.67 bits per heavy atom. The molecule has 0 amide bonds. The van der Waals surface area contributed by atoms with Gasteiger partial charge in [0.25, 0.3) is 0 Å². The highest BCUT2D eigenvalue weighted by atomic mass is 35.5. The van der Waals surface area contributed by atoms with Gasteiger partial charge in [-0.25, -0.2) is 0 Å². The highest BCUT2D eigenvalue weighted by Gasteiger charge is 2.07. The SMILES string of the molecule is Clc1cc(Cl)c2n[nH]c(Cl)c2c1. The summed E-state index contributed by atoms with van der Waals surface area (Å²) in [7, 11) is 0. The molecule has 0 aliphatic rings. The summed E-state index contributed by atoms with van der Waals surface area (Å²) in [4.78, 5) is 0. The van der Waals surface area contributed by atoms with E-state index < -0.39 is 0 Å². The number of nitrogens with zero attached hydrogens (tertiary/aromatic N) is 1. The second-order valence-corrected chi connectivity index (χ2v) is 3.54. The van der Waals surface area contributed by atoms with Crippen molar-refractivity contribution >= 4 is 45.7 Å². The second kappa shape index (κ2) is 2.80. The van der Waals surface area contributed by atoms with Crippen LogP contribution in [0, 0.1) is 0 Å². The molecule has 2 aromatic rings. The minimum atomic E-state index is 0.453. The summed E-state index contributed by atoms with van der Waals surface area (Å²) in [6.07, 6.45) is 0. The smallest absolute Gasteiger partial charge is 0.132 e. The zero-order chi connectivity index (χ0) is 8.72. The number of halogens is 3. The van der Waals surface area contributed by atoms with E-state index in [1.165, 1.54) is 0 Å². The van der Waals surface area contributed by atoms with Gasteiger partial charge in [0.05, 0.1) is 5.02 Å². The lowest BCUT2D eigenvalue weighted by Gasteiger charge is -1.93. The van der Waals surface area contributed by atoms with Crippen LogP contribution in [0.5, 0.6) is 0 Å². The van der Waals surface area contributed by atoms with E-state index in [2.05, 4.69) is 10.2 Å². The molecule has 1 aromatic heterocycles. The lowest BCUT2D eigenvalue weighted by Crippen LogP contribution is -1.71. The number of fused-ring (bicyclic) bond motifs is 1. The fraction of sp³-hybridized carbons (Fsp3) is 0. The molecule has 1 aromatic carbocycles. The van der Waals surface area contributed by atoms with Crippen LogP contribution in [0.1, 0.15) is 0 Å². The van der Waals surface area contributed by atoms with Crippen LogP contribution in [0.4, 0.5) is 0 Å². The van der Waals surface area contributed by atoms with Crippen molar-refractivity contribution in [2.24, 2.45) is 0 Å². The van der Waals surface area contributed by atoms with Crippen molar-refractivity contribution in [3.63, 3.8) is 0 Å². The van der Waals surface area contributed by atoms with E-state index in [4.69, 9.17) is 34.8 Å². The summed E-state index contributed by atoms with van der Waals surface area (Å²) in [5.74, 6) is 0. The Labute approximate surface area is 83.4 Å². The maximum atomic E-state index is 5.85. The van der Waals surface area contributed by atoms with E-state index in [1.54, 1.807) is 12.1 Å². The van der Waals surface area contributed by atoms with Gasteiger partial charge >= 0.3 is 0 Å². The van der Waals surface area contributed by atoms with Gasteiger partial charge in [0.2, 0.25) is 0 Å². The predicted molar refractivity (Wildman–Crippen MR) is 51.1 cm³/mol. The number of H-pyrrole nitrogens is 1. The molecule has 0 saturated carbocycles. The van der Waals surface area contributed by atoms with Gasteiger partial charge in [0.1, 0.15) is 10.7 Å². The highest BCUT2D eigenvalue weighted by molar-refractivity contribution is 6.41. The first-order chi connectivity index (χ1) is 5.68. The summed E-state index contributed by atoms with van der Waals surface area (Å²) >= 11 is 17.4. The van der Waals surface area contributed by atoms with Crippen LogP contribution in [0.25, 0.3) is 10.9 Å². The normalized spacial score (nSPS) is 10.9. The molecule has 0 spiro atoms. The van der Waals surface area contributed by atoms with E-state index in [-0.39, 0.29) is 0 Å². The minimum Gasteiger partial charge on any atom is -0.266 e. The third-order valence-electron chi connectivity index (χ3n) is 1.53. The van der Waals surface area contributed by atoms with Gasteiger partial charge in [0.15, 0.2) is 0 Å². The maximum absolute atomic E-state index is 5.85. The molecule has 12 heavy (non-hydrogen) atoms. The Kier molecular flexibility index (Phi) is 1.91. The third kappa shape index (κ3) is 1.16. The van der Waals surface area contributed by atoms with E-state index in [1.807, 2.05) is 0 Å². The largest absolute Gasteiger partial charge is 0.266 e. The molecule has 0 atom stereocenters. The fourth-order valence-corrected chi connectivity index (χ4v) is 1.73. The lowest BCUT2D eigenvalue weighted by molar-refractivity contribution is 1.12. The van der Waals surface area contributed by atoms with Crippen molar-refractivity contribution in [2.45, 2.75) is 0 Å². The first-order valence-corrected chi connectivity index (χ1v) is 4.30. The summed E-state index contributed by atoms with van der Waals surface area (Å²) in [5.41, 5.74) is 0.645. The van der Waals surface area contributed by atoms with Crippen molar-refractivity contribution in [3.05, 3.63) is 27.3 Å². The molecule has 0 aliphatic carbocycles. The van der Waals surface area contributed by atoms with E-state index in [0.29, 0.717) is 20.7 Å². The Bertz CT molecular complexity index is 435. The number of hydrogen-bond acceptors (Lipinski definition) is 1. The molecular weight excluding hydrogens is 218 g/mol. The van der Waals surface area contributed by atoms with Crippen LogP contribution in [0.2, 0.25) is 15.2 Å². The first-order valence-electron chi connectivity index (χ1n) is 3.17. The summed E-state index contributed by atoms with van der Waals surface area (Å²) in [6, 6.07) is 3.34. The Morgan fingerprint density at radius 1 is 1.17 bits per heavy atom. The lowest BCUT2D eigenvalue weighted by atomic mass is 10.2. The molecule has 2 rings (SSSR count). The third-order valence-corrected chi connectivity index (χ3v) is 2.32. The number of hydrogen-bond donors (Lipinski definition) is 1. The zero-order valence-electron chi connectivity index (χ0n) is 5.74. The predicted octanol–water partition coefficient (Wildman–Crippen LogP) is 3.52. The average molecular weight is 221 g/mol. The van der Waals surface area contributed by atoms with Crippen molar-refractivity contribution in [1.82, 2.24) is 10.2 Å². The number of aromatic amines is 1. The van der Waals surface area contributed by atoms with Gasteiger partial charge in [-0.3, -0.25) is 5.10 Å². The van der Waals surface area contributed by atoms with Crippen molar-refractivity contribution in [2.75, 3.05) is 0 Å². The Morgan fingerprint density at radius 2 is 1.92 bits per heavy atom. The molecule has 0 radical (unpaired) electrons. The van der Waals surface area contributed by atoms with Crippen molar-refractivity contribution < 1.29 is 0 Å². The quantitative estimate of drug-likeness (QED) is 0.724. The topological polar surface area (TPSA) is 28.7 Å². The zero-order valence-corrected chi connectivity index (χ0v) is 8.00. The molecule has 1 N–H and O–H groups in total. The van der Waals surface area contributed by atoms with Gasteiger partial charge in [-0.2, -0.15) is 5.10 Å². The van der Waals surface area contributed by atoms with Crippen LogP contribution in [0.15, 0.2) is 12.1 Å². The van der Waals surface area contributed by atoms with Crippen molar-refractivity contribution in [1.29, 1.82) is 0 Å². The first kappa shape index (κ1) is 8.17. The Balaban J connectivity index is 2.92. The summed E-state index contributed by atoms with van der Waals surface area (Å²) < 4.78 is 0. The molecule has 1 heterocycles. The van der Waals surface area contributed by atoms with Crippen LogP contribution >= 0.6 is 34.8 Å². The molecule has 62 valence electrons. The molecule has 0 aliphatic heterocycles. The minimum absolute atomic E-state index is 0.453. The number of benzene rings is 1. The Hall–Kier alpha value is -0.440. The summed E-state index contributed by atoms with van der Waals surface area (Å²) in [6.45, 7) is 0. The van der Waals surface area contributed by atoms with Crippen LogP contribution in [-0.4, -0.2) is 10.2 Å². The molecule has 0 saturated heterocycles. The van der Waals surface area contributed by atoms with Crippen LogP contribution < -0.4 is 0 Å². The van der Waals surface area contributed by atoms with Crippen molar-refractivity contribution in [3.8, 4) is 0 Å². The molecule has 0 fully saturated rings. The highest BCUT2D eigenvalue weighted by Crippen LogP contribution is 2.29. The van der Waals surface area contributed by atoms with Gasteiger partial charge in [0, 0.05) is 10.4 Å². The molecular formula is C7H3Cl3N2. The standard InChI is InChI=1S/C7H3Cl3N2/c8-3-1-4-6(5(9)2-3)11-12-7(4)10/h1-2H,(H,11,12). The van der Waals surface area contributed by atoms with E-state index in [0.717, 1.165) is 5.39 Å². The number of rotatable bonds is 0. The maximum Gasteiger partial charge on any atom is 0.132 e. The van der Waals surface area contributed by atoms with Gasteiger partial charge in [-0.15, -0.1) is 0 Å². The average Bonchev–Trinajstić information content (AvgIpc) is 2.33. The molecule has 2 nitrogen and oxygen atoms in total. The molecule has 5 heteroatoms. The van der Waals surface area contributed by atoms with Gasteiger partial charge < -0.3 is 0 Å². The number of nitrogens with one attached hydrogen (secondary N) is 1. The second-order valence-electron chi connectivity index (χ2n) is 2.32. The summed E-state index contributed by atoms with van der Waals surface area (Å²) in [5, 5.41) is 8.78. The monoisotopic (exact) mass is 220 g/mol. The molecule has 0 bridgehead atoms. The van der Waals surface area contributed by atoms with Gasteiger partial charge in [-0.05, 0) is 12.1 Å². The molecule has 0 unspecified atom stereocenters. The van der Waals surface area contributed by atoms with Gasteiger partial charge in [-0.1, -0.05) is 34.8 Å². The van der Waals surface area contributed by atoms with Crippen LogP contribution in [0.3, 0.4) is 0 Å². The van der Waals surface area contributed by atoms with E-state index >= 15 is 0 Å².